The van der Waals surface area contributed by atoms with E-state index in [9.17, 15) is 0 Å². The largest absolute Gasteiger partial charge is 0.381 e. The molecule has 1 fully saturated rings. The number of hydrogen-bond acceptors (Lipinski definition) is 3. The molecule has 11 heavy (non-hydrogen) atoms. The molecule has 0 saturated carbocycles. The fourth-order valence-corrected chi connectivity index (χ4v) is 2.04. The molecule has 0 aromatic heterocycles. The molecule has 0 aromatic rings. The van der Waals surface area contributed by atoms with Gasteiger partial charge in [-0.15, -0.1) is 0 Å². The molecule has 1 heterocycles. The van der Waals surface area contributed by atoms with Crippen LogP contribution in [0.2, 0.25) is 0 Å². The lowest BCUT2D eigenvalue weighted by Crippen LogP contribution is -2.26. The first kappa shape index (κ1) is 9.36. The quantitative estimate of drug-likeness (QED) is 0.695. The Hall–Kier alpha value is 0.270. The molecule has 0 radical (unpaired) electrons. The summed E-state index contributed by atoms with van der Waals surface area (Å²) in [5.41, 5.74) is 5.89. The SMILES string of the molecule is CSCC(N)CC1CCOC1. The molecule has 66 valence electrons. The maximum atomic E-state index is 5.89. The molecule has 1 aliphatic heterocycles. The molecule has 0 bridgehead atoms. The Morgan fingerprint density at radius 2 is 2.55 bits per heavy atom. The van der Waals surface area contributed by atoms with Crippen LogP contribution in [-0.2, 0) is 4.74 Å². The lowest BCUT2D eigenvalue weighted by Gasteiger charge is -2.13. The summed E-state index contributed by atoms with van der Waals surface area (Å²) in [6.45, 7) is 1.87. The van der Waals surface area contributed by atoms with Crippen molar-refractivity contribution in [2.24, 2.45) is 11.7 Å². The van der Waals surface area contributed by atoms with E-state index in [1.165, 1.54) is 6.42 Å². The van der Waals surface area contributed by atoms with Crippen LogP contribution in [0.25, 0.3) is 0 Å². The first-order valence-electron chi connectivity index (χ1n) is 4.15. The first-order valence-corrected chi connectivity index (χ1v) is 5.54. The standard InChI is InChI=1S/C8H17NOS/c1-11-6-8(9)4-7-2-3-10-5-7/h7-8H,2-6,9H2,1H3. The van der Waals surface area contributed by atoms with E-state index < -0.39 is 0 Å². The van der Waals surface area contributed by atoms with Gasteiger partial charge in [-0.25, -0.2) is 0 Å². The molecule has 2 N–H and O–H groups in total. The molecule has 2 atom stereocenters. The fourth-order valence-electron chi connectivity index (χ4n) is 1.48. The monoisotopic (exact) mass is 175 g/mol. The second-order valence-corrected chi connectivity index (χ2v) is 4.09. The first-order chi connectivity index (χ1) is 5.33. The number of ether oxygens (including phenoxy) is 1. The Morgan fingerprint density at radius 3 is 3.09 bits per heavy atom. The average molecular weight is 175 g/mol. The summed E-state index contributed by atoms with van der Waals surface area (Å²) in [6, 6.07) is 0.372. The van der Waals surface area contributed by atoms with Crippen LogP contribution in [0.3, 0.4) is 0 Å². The molecule has 0 spiro atoms. The number of nitrogens with two attached hydrogens (primary N) is 1. The van der Waals surface area contributed by atoms with Gasteiger partial charge in [0, 0.05) is 25.0 Å². The summed E-state index contributed by atoms with van der Waals surface area (Å²) in [6.07, 6.45) is 4.45. The van der Waals surface area contributed by atoms with Gasteiger partial charge in [0.05, 0.1) is 0 Å². The Labute approximate surface area is 72.9 Å². The highest BCUT2D eigenvalue weighted by Crippen LogP contribution is 2.18. The summed E-state index contributed by atoms with van der Waals surface area (Å²) in [4.78, 5) is 0. The Morgan fingerprint density at radius 1 is 1.73 bits per heavy atom. The summed E-state index contributed by atoms with van der Waals surface area (Å²) in [7, 11) is 0. The third-order valence-corrected chi connectivity index (χ3v) is 2.80. The number of rotatable bonds is 4. The van der Waals surface area contributed by atoms with Crippen LogP contribution < -0.4 is 5.73 Å². The van der Waals surface area contributed by atoms with Crippen LogP contribution in [0.5, 0.6) is 0 Å². The van der Waals surface area contributed by atoms with Crippen LogP contribution in [0.4, 0.5) is 0 Å². The molecular formula is C8H17NOS. The van der Waals surface area contributed by atoms with E-state index in [0.717, 1.165) is 31.3 Å². The predicted octanol–water partition coefficient (Wildman–Crippen LogP) is 1.10. The molecule has 2 unspecified atom stereocenters. The normalized spacial score (nSPS) is 27.3. The molecule has 3 heteroatoms. The lowest BCUT2D eigenvalue weighted by molar-refractivity contribution is 0.183. The lowest BCUT2D eigenvalue weighted by atomic mass is 10.0. The van der Waals surface area contributed by atoms with Crippen molar-refractivity contribution in [2.75, 3.05) is 25.2 Å². The molecule has 0 amide bonds. The van der Waals surface area contributed by atoms with Gasteiger partial charge in [0.25, 0.3) is 0 Å². The summed E-state index contributed by atoms with van der Waals surface area (Å²) < 4.78 is 5.27. The Balaban J connectivity index is 2.08. The number of hydrogen-bond donors (Lipinski definition) is 1. The molecule has 1 aliphatic rings. The van der Waals surface area contributed by atoms with Crippen LogP contribution in [0, 0.1) is 5.92 Å². The van der Waals surface area contributed by atoms with Gasteiger partial charge in [-0.1, -0.05) is 0 Å². The van der Waals surface area contributed by atoms with Crippen molar-refractivity contribution in [1.29, 1.82) is 0 Å². The van der Waals surface area contributed by atoms with Crippen LogP contribution in [0.1, 0.15) is 12.8 Å². The molecule has 1 saturated heterocycles. The third kappa shape index (κ3) is 3.45. The molecule has 2 nitrogen and oxygen atoms in total. The van der Waals surface area contributed by atoms with Crippen molar-refractivity contribution in [3.05, 3.63) is 0 Å². The molecule has 0 aliphatic carbocycles. The zero-order valence-electron chi connectivity index (χ0n) is 7.08. The zero-order chi connectivity index (χ0) is 8.10. The van der Waals surface area contributed by atoms with Gasteiger partial charge >= 0.3 is 0 Å². The van der Waals surface area contributed by atoms with Crippen molar-refractivity contribution in [3.63, 3.8) is 0 Å². The summed E-state index contributed by atoms with van der Waals surface area (Å²) in [5, 5.41) is 0. The van der Waals surface area contributed by atoms with E-state index >= 15 is 0 Å². The Kier molecular flexibility index (Phi) is 4.26. The van der Waals surface area contributed by atoms with Crippen molar-refractivity contribution >= 4 is 11.8 Å². The van der Waals surface area contributed by atoms with Gasteiger partial charge in [0.15, 0.2) is 0 Å². The van der Waals surface area contributed by atoms with E-state index in [0.29, 0.717) is 6.04 Å². The van der Waals surface area contributed by atoms with Gasteiger partial charge in [-0.3, -0.25) is 0 Å². The van der Waals surface area contributed by atoms with Gasteiger partial charge in [0.2, 0.25) is 0 Å². The molecular weight excluding hydrogens is 158 g/mol. The number of thioether (sulfide) groups is 1. The highest BCUT2D eigenvalue weighted by molar-refractivity contribution is 7.98. The highest BCUT2D eigenvalue weighted by Gasteiger charge is 2.17. The van der Waals surface area contributed by atoms with Crippen molar-refractivity contribution < 1.29 is 4.74 Å². The van der Waals surface area contributed by atoms with E-state index in [1.807, 2.05) is 11.8 Å². The maximum Gasteiger partial charge on any atom is 0.0495 e. The second-order valence-electron chi connectivity index (χ2n) is 3.18. The zero-order valence-corrected chi connectivity index (χ0v) is 7.90. The van der Waals surface area contributed by atoms with Crippen molar-refractivity contribution in [2.45, 2.75) is 18.9 Å². The maximum absolute atomic E-state index is 5.89. The van der Waals surface area contributed by atoms with E-state index in [2.05, 4.69) is 6.26 Å². The highest BCUT2D eigenvalue weighted by atomic mass is 32.2. The minimum atomic E-state index is 0.372. The smallest absolute Gasteiger partial charge is 0.0495 e. The van der Waals surface area contributed by atoms with Gasteiger partial charge in [-0.2, -0.15) is 11.8 Å². The third-order valence-electron chi connectivity index (χ3n) is 2.04. The van der Waals surface area contributed by atoms with Gasteiger partial charge < -0.3 is 10.5 Å². The minimum absolute atomic E-state index is 0.372. The predicted molar refractivity (Wildman–Crippen MR) is 49.9 cm³/mol. The molecule has 0 aromatic carbocycles. The van der Waals surface area contributed by atoms with Crippen LogP contribution >= 0.6 is 11.8 Å². The summed E-state index contributed by atoms with van der Waals surface area (Å²) in [5.74, 6) is 1.81. The van der Waals surface area contributed by atoms with Crippen LogP contribution in [-0.4, -0.2) is 31.3 Å². The van der Waals surface area contributed by atoms with E-state index in [4.69, 9.17) is 10.5 Å². The van der Waals surface area contributed by atoms with Crippen molar-refractivity contribution in [3.8, 4) is 0 Å². The van der Waals surface area contributed by atoms with Crippen molar-refractivity contribution in [1.82, 2.24) is 0 Å². The molecule has 1 rings (SSSR count). The average Bonchev–Trinajstić information content (AvgIpc) is 2.40. The van der Waals surface area contributed by atoms with Gasteiger partial charge in [0.1, 0.15) is 0 Å². The Bertz CT molecular complexity index is 104. The van der Waals surface area contributed by atoms with E-state index in [1.54, 1.807) is 0 Å². The second kappa shape index (κ2) is 5.01. The van der Waals surface area contributed by atoms with E-state index in [-0.39, 0.29) is 0 Å². The minimum Gasteiger partial charge on any atom is -0.381 e. The van der Waals surface area contributed by atoms with Crippen LogP contribution in [0.15, 0.2) is 0 Å². The van der Waals surface area contributed by atoms with Gasteiger partial charge in [-0.05, 0) is 25.0 Å². The summed E-state index contributed by atoms with van der Waals surface area (Å²) >= 11 is 1.83. The fraction of sp³-hybridized carbons (Fsp3) is 1.00. The topological polar surface area (TPSA) is 35.2 Å².